The van der Waals surface area contributed by atoms with Gasteiger partial charge in [-0.05, 0) is 259 Å². The SMILES string of the molecule is CC[C@H](C)[C@H](N)C(=O)Nc1ccc2nc(Cc3c[nH]c4ccccc34)[nH]c2c1.COc1cc(C(C)=O)ccc1NC(=O)[C@@H]1C[C@@H](CC(C)(C)C)[C@](C#N)(c2ccc(Cl)cc2F)[C@H]1c1ccc(Cl)cc1F.Cc1cnc(Nc2ccc(OCCN3CCCC3)cc2)nc1Nc1cccc(S(=O)(=O)NC(C)(C)C)c1.[C-]#[N+]c1ccc(Oc2ccc(/C=C3\SC(=O)CC3=O)cc2OC)c(C(F)(F)F)c1. The summed E-state index contributed by atoms with van der Waals surface area (Å²) in [7, 11) is -0.913. The van der Waals surface area contributed by atoms with Gasteiger partial charge in [-0.3, -0.25) is 28.9 Å². The van der Waals surface area contributed by atoms with E-state index in [4.69, 9.17) is 54.5 Å². The minimum Gasteiger partial charge on any atom is -0.495 e. The van der Waals surface area contributed by atoms with Gasteiger partial charge in [0, 0.05) is 97.4 Å². The molecule has 1 saturated carbocycles. The normalized spacial score (nSPS) is 16.8. The first-order valence-corrected chi connectivity index (χ1v) is 46.9. The van der Waals surface area contributed by atoms with Crippen LogP contribution in [0.25, 0.3) is 32.9 Å². The van der Waals surface area contributed by atoms with Crippen molar-refractivity contribution < 1.29 is 73.3 Å². The molecule has 3 aliphatic rings. The molecule has 0 bridgehead atoms. The van der Waals surface area contributed by atoms with Gasteiger partial charge in [-0.2, -0.15) is 23.4 Å². The van der Waals surface area contributed by atoms with E-state index in [2.05, 4.69) is 78.9 Å². The molecule has 6 atom stereocenters. The molecule has 0 unspecified atom stereocenters. The highest BCUT2D eigenvalue weighted by molar-refractivity contribution is 8.18. The fourth-order valence-corrected chi connectivity index (χ4v) is 19.0. The second kappa shape index (κ2) is 44.2. The number of ether oxygens (including phenoxy) is 4. The Labute approximate surface area is 800 Å². The molecule has 25 nitrogen and oxygen atoms in total. The number of nitrogens with zero attached hydrogens (tertiary/aromatic N) is 6. The molecule has 3 fully saturated rings. The first kappa shape index (κ1) is 102. The van der Waals surface area contributed by atoms with Crippen LogP contribution < -0.4 is 50.7 Å². The van der Waals surface area contributed by atoms with Gasteiger partial charge in [-0.1, -0.05) is 113 Å². The highest BCUT2D eigenvalue weighted by Gasteiger charge is 2.61. The van der Waals surface area contributed by atoms with Crippen molar-refractivity contribution in [2.75, 3.05) is 61.7 Å². The fraction of sp³-hybridized carbons (Fsp3) is 0.314. The van der Waals surface area contributed by atoms with Crippen LogP contribution in [0.1, 0.15) is 156 Å². The molecule has 12 aromatic rings. The third-order valence-corrected chi connectivity index (χ3v) is 26.3. The predicted molar refractivity (Wildman–Crippen MR) is 522 cm³/mol. The minimum absolute atomic E-state index is 0.0252. The smallest absolute Gasteiger partial charge is 0.418 e. The number of imidazole rings is 1. The number of nitrogens with two attached hydrogens (primary N) is 1. The molecule has 9 N–H and O–H groups in total. The number of benzene rings is 9. The summed E-state index contributed by atoms with van der Waals surface area (Å²) in [4.78, 5) is 87.7. The summed E-state index contributed by atoms with van der Waals surface area (Å²) in [5, 5.41) is 24.5. The molecule has 2 saturated heterocycles. The highest BCUT2D eigenvalue weighted by Crippen LogP contribution is 2.61. The maximum Gasteiger partial charge on any atom is 0.418 e. The van der Waals surface area contributed by atoms with Crippen molar-refractivity contribution in [3.8, 4) is 34.8 Å². The van der Waals surface area contributed by atoms with E-state index in [1.807, 2.05) is 123 Å². The summed E-state index contributed by atoms with van der Waals surface area (Å²) in [5.41, 5.74) is 10.7. The van der Waals surface area contributed by atoms with Gasteiger partial charge in [0.05, 0.1) is 76.8 Å². The quantitative estimate of drug-likeness (QED) is 0.00779. The molecule has 0 radical (unpaired) electrons. The van der Waals surface area contributed by atoms with Gasteiger partial charge in [0.2, 0.25) is 32.9 Å². The van der Waals surface area contributed by atoms with E-state index in [1.54, 1.807) is 42.6 Å². The van der Waals surface area contributed by atoms with E-state index in [1.165, 1.54) is 119 Å². The van der Waals surface area contributed by atoms with Crippen LogP contribution in [0.4, 0.5) is 62.2 Å². The number of Topliss-reactive ketones (excluding diaryl/α,β-unsaturated/α-hetero) is 2. The first-order chi connectivity index (χ1) is 64.5. The first-order valence-electron chi connectivity index (χ1n) is 43.8. The number of halogens is 7. The zero-order chi connectivity index (χ0) is 98.3. The van der Waals surface area contributed by atoms with Gasteiger partial charge in [0.25, 0.3) is 0 Å². The molecule has 1 aliphatic carbocycles. The number of methoxy groups -OCH3 is 2. The number of allylic oxidation sites excluding steroid dienone is 1. The molecule has 9 aromatic carbocycles. The fourth-order valence-electron chi connectivity index (χ4n) is 16.4. The Kier molecular flexibility index (Phi) is 33.1. The molecule has 0 spiro atoms. The summed E-state index contributed by atoms with van der Waals surface area (Å²) in [6.07, 6.45) is 5.16. The third kappa shape index (κ3) is 26.0. The summed E-state index contributed by atoms with van der Waals surface area (Å²) >= 11 is 13.0. The number of anilines is 6. The third-order valence-electron chi connectivity index (χ3n) is 23.1. The topological polar surface area (TPSA) is 344 Å². The lowest BCUT2D eigenvalue weighted by Gasteiger charge is -2.38. The van der Waals surface area contributed by atoms with Crippen molar-refractivity contribution in [2.24, 2.45) is 28.9 Å². The number of para-hydroxylation sites is 1. The van der Waals surface area contributed by atoms with Crippen LogP contribution in [0.5, 0.6) is 28.7 Å². The van der Waals surface area contributed by atoms with Crippen molar-refractivity contribution in [3.63, 3.8) is 0 Å². The van der Waals surface area contributed by atoms with Gasteiger partial charge < -0.3 is 55.9 Å². The number of nitrogens with one attached hydrogen (secondary N) is 7. The summed E-state index contributed by atoms with van der Waals surface area (Å²) < 4.78 is 122. The van der Waals surface area contributed by atoms with Crippen LogP contribution in [0, 0.1) is 59.6 Å². The number of likely N-dealkylation sites (tertiary alicyclic amines) is 1. The average Bonchev–Trinajstić information content (AvgIpc) is 1.55. The number of aromatic nitrogens is 5. The van der Waals surface area contributed by atoms with E-state index < -0.39 is 79.8 Å². The second-order valence-electron chi connectivity index (χ2n) is 35.5. The number of sulfonamides is 1. The molecule has 34 heteroatoms. The van der Waals surface area contributed by atoms with Crippen LogP contribution in [0.2, 0.25) is 10.0 Å². The van der Waals surface area contributed by atoms with Crippen LogP contribution in [-0.4, -0.2) is 119 Å². The van der Waals surface area contributed by atoms with Crippen molar-refractivity contribution >= 4 is 142 Å². The largest absolute Gasteiger partial charge is 0.495 e. The molecule has 5 heterocycles. The number of carbonyl (C=O) groups excluding carboxylic acids is 5. The number of ketones is 2. The van der Waals surface area contributed by atoms with Gasteiger partial charge >= 0.3 is 6.18 Å². The van der Waals surface area contributed by atoms with Gasteiger partial charge in [0.1, 0.15) is 47.1 Å². The van der Waals surface area contributed by atoms with Crippen LogP contribution in [0.3, 0.4) is 0 Å². The van der Waals surface area contributed by atoms with Crippen molar-refractivity contribution in [3.05, 3.63) is 277 Å². The van der Waals surface area contributed by atoms with Crippen LogP contribution >= 0.6 is 35.0 Å². The Bertz CT molecular complexity index is 6670. The maximum absolute atomic E-state index is 15.8. The van der Waals surface area contributed by atoms with Crippen molar-refractivity contribution in [2.45, 2.75) is 148 Å². The molecular formula is C102H105Cl2F5N14O11S2. The number of hydrogen-bond donors (Lipinski definition) is 8. The van der Waals surface area contributed by atoms with E-state index in [9.17, 15) is 50.8 Å². The van der Waals surface area contributed by atoms with Crippen molar-refractivity contribution in [1.29, 1.82) is 5.26 Å². The molecular weight excluding hydrogens is 1830 g/mol. The molecule has 15 rings (SSSR count). The number of thioether (sulfide) groups is 1. The number of rotatable bonds is 27. The Morgan fingerprint density at radius 2 is 1.49 bits per heavy atom. The lowest BCUT2D eigenvalue weighted by molar-refractivity contribution is -0.138. The number of amides is 2. The Morgan fingerprint density at radius 3 is 2.15 bits per heavy atom. The van der Waals surface area contributed by atoms with Gasteiger partial charge in [-0.15, -0.1) is 0 Å². The lowest BCUT2D eigenvalue weighted by atomic mass is 9.62. The highest BCUT2D eigenvalue weighted by atomic mass is 35.5. The average molecular weight is 1930 g/mol. The molecule has 2 amide bonds. The summed E-state index contributed by atoms with van der Waals surface area (Å²) in [5.74, 6) is -2.24. The molecule has 136 heavy (non-hydrogen) atoms. The van der Waals surface area contributed by atoms with Gasteiger partial charge in [0.15, 0.2) is 28.8 Å². The summed E-state index contributed by atoms with van der Waals surface area (Å²) in [6.45, 7) is 29.6. The molecule has 2 aliphatic heterocycles. The monoisotopic (exact) mass is 1930 g/mol. The zero-order valence-corrected chi connectivity index (χ0v) is 80.1. The van der Waals surface area contributed by atoms with Crippen LogP contribution in [-0.2, 0) is 47.2 Å². The number of alkyl halides is 3. The minimum atomic E-state index is -4.71. The van der Waals surface area contributed by atoms with E-state index >= 15 is 8.78 Å². The Morgan fingerprint density at radius 1 is 0.787 bits per heavy atom. The molecule has 3 aromatic heterocycles. The van der Waals surface area contributed by atoms with Gasteiger partial charge in [-0.25, -0.2) is 36.7 Å². The van der Waals surface area contributed by atoms with E-state index in [0.717, 1.165) is 88.0 Å². The lowest BCUT2D eigenvalue weighted by Crippen LogP contribution is -2.40. The van der Waals surface area contributed by atoms with Crippen LogP contribution in [0.15, 0.2) is 204 Å². The van der Waals surface area contributed by atoms with Crippen molar-refractivity contribution in [1.82, 2.24) is 34.5 Å². The maximum atomic E-state index is 15.8. The Balaban J connectivity index is 0.000000165. The predicted octanol–water partition coefficient (Wildman–Crippen LogP) is 23.1. The zero-order valence-electron chi connectivity index (χ0n) is 76.9. The molecule has 710 valence electrons. The number of aromatic amines is 2. The second-order valence-corrected chi connectivity index (χ2v) is 39.2. The number of fused-ring (bicyclic) bond motifs is 2. The number of carbonyl (C=O) groups is 5. The van der Waals surface area contributed by atoms with E-state index in [-0.39, 0.29) is 95.8 Å². The Hall–Kier alpha value is -13.1. The number of aryl methyl sites for hydroxylation is 1. The standard InChI is InChI=1S/C33H32Cl2F2N2O3.C27H36N6O3S.C22H25N5O.C20H12F3NO4S/c1-18(40)19-6-11-28(29(12-19)42-5)39-31(41)24-13-20(16-32(2,3)4)33(17-38,25-10-8-22(35)15-27(25)37)30(24)23-9-7-21(34)14-26(23)36;1-20-19-28-26(30-21-10-12-23(13-11-21)36-17-16-33-14-5-6-15-33)31-25(20)29-22-8-7-9-24(18-22)37(34,35)32-27(2,3)4;1-3-13(2)21(23)22(28)25-15-8-9-18-19(11-15)27-20(26-18)10-14-12-24-17-7-5-4-6-16(14)17;1-24-12-4-6-15(13(9-12)20(21,22)23)28-16-5-3-11(7-17(16)27-2)8-18-14(25)10-19(26)29-18/h6-12,14-15,20,24,30H,13,16H2,1-5H3,(H,39,41);7-13,18-19,32H,5-6,14-17H2,1-4H3,(H2,28,29,30,31);4-9,11-13,21,24H,3,10,23H2,1-2H3,(H,25,28)(H,26,27);3-9H,10H2,2H3/b;;;18-8-/t20-,24+,30-,33+;;13-,21-;/m0.0./s1. The number of nitriles is 1. The number of hydrogen-bond acceptors (Lipinski definition) is 20. The van der Waals surface area contributed by atoms with E-state index in [0.29, 0.717) is 64.7 Å². The number of H-pyrrole nitrogens is 2. The summed E-state index contributed by atoms with van der Waals surface area (Å²) in [6, 6.07) is 50.4.